The van der Waals surface area contributed by atoms with E-state index in [4.69, 9.17) is 11.6 Å². The molecule has 1 heterocycles. The number of carbonyl (C=O) groups is 1. The molecule has 0 unspecified atom stereocenters. The molecule has 0 aliphatic heterocycles. The molecule has 24 heavy (non-hydrogen) atoms. The summed E-state index contributed by atoms with van der Waals surface area (Å²) in [5, 5.41) is 3.81. The number of fused-ring (bicyclic) bond motifs is 1. The van der Waals surface area contributed by atoms with Gasteiger partial charge >= 0.3 is 0 Å². The number of pyridine rings is 1. The number of aromatic nitrogens is 1. The summed E-state index contributed by atoms with van der Waals surface area (Å²) in [6.45, 7) is 7.70. The number of aromatic amines is 1. The minimum atomic E-state index is -0.345. The Kier molecular flexibility index (Phi) is 8.25. The molecule has 1 aromatic heterocycles. The number of carbonyl (C=O) groups excluding carboxylic acids is 1. The minimum absolute atomic E-state index is 0. The molecule has 0 spiro atoms. The summed E-state index contributed by atoms with van der Waals surface area (Å²) in [7, 11) is 0. The lowest BCUT2D eigenvalue weighted by atomic mass is 10.1. The summed E-state index contributed by atoms with van der Waals surface area (Å²) in [6, 6.07) is 4.95. The highest BCUT2D eigenvalue weighted by atomic mass is 35.5. The number of amides is 1. The van der Waals surface area contributed by atoms with Crippen LogP contribution in [0, 0.1) is 0 Å². The highest BCUT2D eigenvalue weighted by Crippen LogP contribution is 2.15. The average molecular weight is 372 g/mol. The van der Waals surface area contributed by atoms with Crippen LogP contribution in [-0.4, -0.2) is 42.0 Å². The number of nitrogens with one attached hydrogen (secondary N) is 2. The molecule has 0 radical (unpaired) electrons. The number of rotatable bonds is 7. The van der Waals surface area contributed by atoms with Crippen LogP contribution in [0.5, 0.6) is 0 Å². The minimum Gasteiger partial charge on any atom is -0.360 e. The van der Waals surface area contributed by atoms with Gasteiger partial charge in [-0.05, 0) is 44.3 Å². The molecule has 132 valence electrons. The van der Waals surface area contributed by atoms with E-state index in [-0.39, 0.29) is 29.3 Å². The number of hydrogen-bond acceptors (Lipinski definition) is 3. The van der Waals surface area contributed by atoms with Gasteiger partial charge in [0.15, 0.2) is 0 Å². The van der Waals surface area contributed by atoms with Crippen molar-refractivity contribution in [2.75, 3.05) is 26.2 Å². The van der Waals surface area contributed by atoms with Crippen LogP contribution in [0.25, 0.3) is 10.9 Å². The third kappa shape index (κ3) is 4.97. The maximum absolute atomic E-state index is 12.4. The summed E-state index contributed by atoms with van der Waals surface area (Å²) in [4.78, 5) is 29.8. The topological polar surface area (TPSA) is 65.2 Å². The zero-order valence-electron chi connectivity index (χ0n) is 13.9. The van der Waals surface area contributed by atoms with Crippen molar-refractivity contribution >= 4 is 40.8 Å². The van der Waals surface area contributed by atoms with Gasteiger partial charge < -0.3 is 15.2 Å². The Hall–Kier alpha value is -1.56. The molecule has 2 N–H and O–H groups in total. The molecule has 0 aliphatic rings. The number of nitrogens with zero attached hydrogens (tertiary/aromatic N) is 1. The predicted molar refractivity (Wildman–Crippen MR) is 102 cm³/mol. The second-order valence-corrected chi connectivity index (χ2v) is 5.79. The van der Waals surface area contributed by atoms with E-state index >= 15 is 0 Å². The molecule has 2 aromatic rings. The molecule has 0 atom stereocenters. The third-order valence-electron chi connectivity index (χ3n) is 3.92. The SMILES string of the molecule is CCN(CC)CCCNC(=O)c1c[nH]c2cc(Cl)ccc2c1=O.Cl. The van der Waals surface area contributed by atoms with Crippen molar-refractivity contribution < 1.29 is 4.79 Å². The lowest BCUT2D eigenvalue weighted by Crippen LogP contribution is -2.32. The Morgan fingerprint density at radius 2 is 2.00 bits per heavy atom. The third-order valence-corrected chi connectivity index (χ3v) is 4.15. The average Bonchev–Trinajstić information content (AvgIpc) is 2.55. The molecule has 5 nitrogen and oxygen atoms in total. The molecule has 1 aromatic carbocycles. The number of halogens is 2. The summed E-state index contributed by atoms with van der Waals surface area (Å²) >= 11 is 5.90. The van der Waals surface area contributed by atoms with Gasteiger partial charge in [0, 0.05) is 23.2 Å². The fourth-order valence-corrected chi connectivity index (χ4v) is 2.67. The first kappa shape index (κ1) is 20.5. The Bertz CT molecular complexity index is 742. The van der Waals surface area contributed by atoms with Crippen LogP contribution < -0.4 is 10.7 Å². The number of hydrogen-bond donors (Lipinski definition) is 2. The van der Waals surface area contributed by atoms with Crippen LogP contribution in [-0.2, 0) is 0 Å². The molecular weight excluding hydrogens is 349 g/mol. The zero-order chi connectivity index (χ0) is 16.8. The molecule has 0 bridgehead atoms. The first-order valence-corrected chi connectivity index (χ1v) is 8.26. The number of H-pyrrole nitrogens is 1. The standard InChI is InChI=1S/C17H22ClN3O2.ClH/c1-3-21(4-2)9-5-8-19-17(23)14-11-20-15-10-12(18)6-7-13(15)16(14)22;/h6-7,10-11H,3-5,8-9H2,1-2H3,(H,19,23)(H,20,22);1H. The molecule has 0 saturated carbocycles. The van der Waals surface area contributed by atoms with E-state index in [1.807, 2.05) is 0 Å². The van der Waals surface area contributed by atoms with Crippen molar-refractivity contribution in [1.82, 2.24) is 15.2 Å². The zero-order valence-corrected chi connectivity index (χ0v) is 15.5. The van der Waals surface area contributed by atoms with Crippen LogP contribution in [0.15, 0.2) is 29.2 Å². The first-order valence-electron chi connectivity index (χ1n) is 7.88. The summed E-state index contributed by atoms with van der Waals surface area (Å²) in [5.41, 5.74) is 0.472. The van der Waals surface area contributed by atoms with E-state index in [2.05, 4.69) is 29.0 Å². The van der Waals surface area contributed by atoms with E-state index in [1.54, 1.807) is 18.2 Å². The van der Waals surface area contributed by atoms with Gasteiger partial charge in [-0.3, -0.25) is 9.59 Å². The van der Waals surface area contributed by atoms with E-state index in [0.717, 1.165) is 26.1 Å². The van der Waals surface area contributed by atoms with Gasteiger partial charge in [0.1, 0.15) is 5.56 Å². The Morgan fingerprint density at radius 3 is 2.67 bits per heavy atom. The highest BCUT2D eigenvalue weighted by Gasteiger charge is 2.12. The van der Waals surface area contributed by atoms with Crippen LogP contribution in [0.4, 0.5) is 0 Å². The second-order valence-electron chi connectivity index (χ2n) is 5.36. The van der Waals surface area contributed by atoms with Gasteiger partial charge in [0.05, 0.1) is 5.52 Å². The molecule has 1 amide bonds. The van der Waals surface area contributed by atoms with Crippen LogP contribution >= 0.6 is 24.0 Å². The predicted octanol–water partition coefficient (Wildman–Crippen LogP) is 3.07. The van der Waals surface area contributed by atoms with Crippen LogP contribution in [0.2, 0.25) is 5.02 Å². The number of benzene rings is 1. The highest BCUT2D eigenvalue weighted by molar-refractivity contribution is 6.31. The van der Waals surface area contributed by atoms with E-state index in [0.29, 0.717) is 22.5 Å². The maximum Gasteiger partial charge on any atom is 0.256 e. The summed E-state index contributed by atoms with van der Waals surface area (Å²) < 4.78 is 0. The van der Waals surface area contributed by atoms with Gasteiger partial charge in [0.2, 0.25) is 5.43 Å². The lowest BCUT2D eigenvalue weighted by molar-refractivity contribution is 0.0950. The molecule has 0 aliphatic carbocycles. The van der Waals surface area contributed by atoms with Crippen molar-refractivity contribution in [1.29, 1.82) is 0 Å². The quantitative estimate of drug-likeness (QED) is 0.735. The Balaban J connectivity index is 0.00000288. The fourth-order valence-electron chi connectivity index (χ4n) is 2.50. The lowest BCUT2D eigenvalue weighted by Gasteiger charge is -2.17. The van der Waals surface area contributed by atoms with Crippen molar-refractivity contribution in [2.24, 2.45) is 0 Å². The Labute approximate surface area is 152 Å². The molecule has 2 rings (SSSR count). The maximum atomic E-state index is 12.4. The van der Waals surface area contributed by atoms with Crippen molar-refractivity contribution in [2.45, 2.75) is 20.3 Å². The largest absolute Gasteiger partial charge is 0.360 e. The monoisotopic (exact) mass is 371 g/mol. The van der Waals surface area contributed by atoms with E-state index in [9.17, 15) is 9.59 Å². The summed E-state index contributed by atoms with van der Waals surface area (Å²) in [5.74, 6) is -0.345. The van der Waals surface area contributed by atoms with E-state index < -0.39 is 0 Å². The van der Waals surface area contributed by atoms with E-state index in [1.165, 1.54) is 6.20 Å². The van der Waals surface area contributed by atoms with Gasteiger partial charge in [-0.2, -0.15) is 0 Å². The molecule has 0 fully saturated rings. The second kappa shape index (κ2) is 9.67. The normalized spacial score (nSPS) is 10.7. The van der Waals surface area contributed by atoms with Gasteiger partial charge in [0.25, 0.3) is 5.91 Å². The van der Waals surface area contributed by atoms with Gasteiger partial charge in [-0.1, -0.05) is 25.4 Å². The fraction of sp³-hybridized carbons (Fsp3) is 0.412. The smallest absolute Gasteiger partial charge is 0.256 e. The molecular formula is C17H23Cl2N3O2. The molecule has 7 heteroatoms. The summed E-state index contributed by atoms with van der Waals surface area (Å²) in [6.07, 6.45) is 2.30. The molecule has 0 saturated heterocycles. The van der Waals surface area contributed by atoms with Crippen LogP contribution in [0.3, 0.4) is 0 Å². The van der Waals surface area contributed by atoms with Gasteiger partial charge in [-0.15, -0.1) is 12.4 Å². The first-order chi connectivity index (χ1) is 11.1. The van der Waals surface area contributed by atoms with Crippen molar-refractivity contribution in [3.63, 3.8) is 0 Å². The van der Waals surface area contributed by atoms with Crippen LogP contribution in [0.1, 0.15) is 30.6 Å². The Morgan fingerprint density at radius 1 is 1.29 bits per heavy atom. The van der Waals surface area contributed by atoms with Gasteiger partial charge in [-0.25, -0.2) is 0 Å². The van der Waals surface area contributed by atoms with Crippen molar-refractivity contribution in [3.8, 4) is 0 Å². The van der Waals surface area contributed by atoms with Crippen molar-refractivity contribution in [3.05, 3.63) is 45.2 Å².